The lowest BCUT2D eigenvalue weighted by Gasteiger charge is -2.34. The molecule has 1 aromatic rings. The Kier molecular flexibility index (Phi) is 5.05. The zero-order valence-corrected chi connectivity index (χ0v) is 12.1. The lowest BCUT2D eigenvalue weighted by Crippen LogP contribution is -2.46. The van der Waals surface area contributed by atoms with Crippen molar-refractivity contribution in [3.63, 3.8) is 0 Å². The molecule has 1 fully saturated rings. The molecule has 0 radical (unpaired) electrons. The fraction of sp³-hybridized carbons (Fsp3) is 0.600. The van der Waals surface area contributed by atoms with Crippen molar-refractivity contribution in [3.8, 4) is 5.75 Å². The van der Waals surface area contributed by atoms with Crippen molar-refractivity contribution in [2.45, 2.75) is 19.9 Å². The van der Waals surface area contributed by atoms with E-state index in [4.69, 9.17) is 10.5 Å². The van der Waals surface area contributed by atoms with Crippen molar-refractivity contribution < 1.29 is 4.74 Å². The van der Waals surface area contributed by atoms with Crippen LogP contribution in [-0.2, 0) is 6.54 Å². The summed E-state index contributed by atoms with van der Waals surface area (Å²) in [4.78, 5) is 5.02. The van der Waals surface area contributed by atoms with Gasteiger partial charge < -0.3 is 15.4 Å². The van der Waals surface area contributed by atoms with E-state index in [2.05, 4.69) is 22.8 Å². The van der Waals surface area contributed by atoms with E-state index < -0.39 is 0 Å². The first kappa shape index (κ1) is 14.2. The van der Waals surface area contributed by atoms with Gasteiger partial charge in [-0.15, -0.1) is 0 Å². The van der Waals surface area contributed by atoms with Crippen molar-refractivity contribution in [2.75, 3.05) is 45.6 Å². The summed E-state index contributed by atoms with van der Waals surface area (Å²) in [6.07, 6.45) is 1.24. The second-order valence-electron chi connectivity index (χ2n) is 5.19. The van der Waals surface area contributed by atoms with Crippen LogP contribution in [-0.4, -0.2) is 49.6 Å². The highest BCUT2D eigenvalue weighted by Crippen LogP contribution is 2.23. The van der Waals surface area contributed by atoms with Gasteiger partial charge in [-0.05, 0) is 19.0 Å². The summed E-state index contributed by atoms with van der Waals surface area (Å²) in [7, 11) is 1.71. The Morgan fingerprint density at radius 3 is 2.47 bits per heavy atom. The maximum absolute atomic E-state index is 5.79. The number of hydrogen-bond donors (Lipinski definition) is 1. The van der Waals surface area contributed by atoms with E-state index in [0.717, 1.165) is 31.1 Å². The van der Waals surface area contributed by atoms with Gasteiger partial charge >= 0.3 is 0 Å². The fourth-order valence-corrected chi connectivity index (χ4v) is 2.62. The van der Waals surface area contributed by atoms with Crippen LogP contribution in [0.25, 0.3) is 0 Å². The molecule has 4 nitrogen and oxygen atoms in total. The molecule has 19 heavy (non-hydrogen) atoms. The number of rotatable bonds is 5. The van der Waals surface area contributed by atoms with Crippen LogP contribution in [0.2, 0.25) is 0 Å². The van der Waals surface area contributed by atoms with E-state index in [1.165, 1.54) is 31.6 Å². The Bertz CT molecular complexity index is 400. The third-order valence-corrected chi connectivity index (χ3v) is 3.71. The molecule has 1 aliphatic rings. The van der Waals surface area contributed by atoms with Gasteiger partial charge in [0.25, 0.3) is 0 Å². The molecule has 1 heterocycles. The largest absolute Gasteiger partial charge is 0.496 e. The maximum Gasteiger partial charge on any atom is 0.125 e. The number of piperazine rings is 1. The average Bonchev–Trinajstić information content (AvgIpc) is 2.43. The van der Waals surface area contributed by atoms with Gasteiger partial charge in [-0.3, -0.25) is 4.90 Å². The first-order valence-corrected chi connectivity index (χ1v) is 7.10. The number of nitrogen functional groups attached to an aromatic ring is 1. The van der Waals surface area contributed by atoms with Crippen LogP contribution in [0.3, 0.4) is 0 Å². The van der Waals surface area contributed by atoms with Crippen molar-refractivity contribution in [3.05, 3.63) is 23.8 Å². The minimum Gasteiger partial charge on any atom is -0.496 e. The van der Waals surface area contributed by atoms with Crippen LogP contribution < -0.4 is 10.5 Å². The Balaban J connectivity index is 1.92. The van der Waals surface area contributed by atoms with E-state index >= 15 is 0 Å². The summed E-state index contributed by atoms with van der Waals surface area (Å²) in [5.74, 6) is 0.899. The summed E-state index contributed by atoms with van der Waals surface area (Å²) in [5, 5.41) is 0. The van der Waals surface area contributed by atoms with Gasteiger partial charge in [0.1, 0.15) is 5.75 Å². The number of methoxy groups -OCH3 is 1. The monoisotopic (exact) mass is 263 g/mol. The van der Waals surface area contributed by atoms with Gasteiger partial charge in [0.2, 0.25) is 0 Å². The molecule has 106 valence electrons. The van der Waals surface area contributed by atoms with Crippen LogP contribution >= 0.6 is 0 Å². The molecule has 0 aliphatic carbocycles. The first-order chi connectivity index (χ1) is 9.22. The first-order valence-electron chi connectivity index (χ1n) is 7.10. The van der Waals surface area contributed by atoms with Crippen molar-refractivity contribution in [1.29, 1.82) is 0 Å². The van der Waals surface area contributed by atoms with Crippen LogP contribution in [0.5, 0.6) is 5.75 Å². The zero-order chi connectivity index (χ0) is 13.7. The molecule has 1 aromatic carbocycles. The number of hydrogen-bond acceptors (Lipinski definition) is 4. The molecule has 0 saturated carbocycles. The summed E-state index contributed by atoms with van der Waals surface area (Å²) < 4.78 is 5.41. The minimum atomic E-state index is 0.758. The molecule has 0 amide bonds. The van der Waals surface area contributed by atoms with E-state index in [0.29, 0.717) is 0 Å². The van der Waals surface area contributed by atoms with Crippen LogP contribution in [0, 0.1) is 0 Å². The topological polar surface area (TPSA) is 41.7 Å². The molecular formula is C15H25N3O. The van der Waals surface area contributed by atoms with Crippen molar-refractivity contribution in [2.24, 2.45) is 0 Å². The fourth-order valence-electron chi connectivity index (χ4n) is 2.62. The van der Waals surface area contributed by atoms with Crippen LogP contribution in [0.4, 0.5) is 5.69 Å². The van der Waals surface area contributed by atoms with Crippen LogP contribution in [0.1, 0.15) is 18.9 Å². The standard InChI is InChI=1S/C15H25N3O/c1-3-6-17-7-9-18(10-8-17)12-13-4-5-14(16)11-15(13)19-2/h4-5,11H,3,6-10,12,16H2,1-2H3. The summed E-state index contributed by atoms with van der Waals surface area (Å²) >= 11 is 0. The normalized spacial score (nSPS) is 17.6. The van der Waals surface area contributed by atoms with Crippen molar-refractivity contribution >= 4 is 5.69 Å². The summed E-state index contributed by atoms with van der Waals surface area (Å²) in [6, 6.07) is 5.93. The SMILES string of the molecule is CCCN1CCN(Cc2ccc(N)cc2OC)CC1. The molecule has 4 heteroatoms. The molecule has 1 saturated heterocycles. The molecule has 0 aromatic heterocycles. The predicted octanol–water partition coefficient (Wildman–Crippen LogP) is 1.81. The second kappa shape index (κ2) is 6.78. The van der Waals surface area contributed by atoms with E-state index in [1.54, 1.807) is 7.11 Å². The molecule has 0 spiro atoms. The van der Waals surface area contributed by atoms with Gasteiger partial charge in [-0.1, -0.05) is 13.0 Å². The molecule has 0 bridgehead atoms. The van der Waals surface area contributed by atoms with E-state index in [1.807, 2.05) is 12.1 Å². The number of nitrogens with zero attached hydrogens (tertiary/aromatic N) is 2. The van der Waals surface area contributed by atoms with E-state index in [9.17, 15) is 0 Å². The van der Waals surface area contributed by atoms with Gasteiger partial charge in [0.15, 0.2) is 0 Å². The highest BCUT2D eigenvalue weighted by Gasteiger charge is 2.17. The van der Waals surface area contributed by atoms with Gasteiger partial charge in [0.05, 0.1) is 7.11 Å². The van der Waals surface area contributed by atoms with Crippen molar-refractivity contribution in [1.82, 2.24) is 9.80 Å². The lowest BCUT2D eigenvalue weighted by atomic mass is 10.1. The average molecular weight is 263 g/mol. The molecular weight excluding hydrogens is 238 g/mol. The molecule has 0 atom stereocenters. The number of anilines is 1. The van der Waals surface area contributed by atoms with E-state index in [-0.39, 0.29) is 0 Å². The Morgan fingerprint density at radius 1 is 1.16 bits per heavy atom. The Hall–Kier alpha value is -1.26. The van der Waals surface area contributed by atoms with Gasteiger partial charge in [-0.25, -0.2) is 0 Å². The maximum atomic E-state index is 5.79. The smallest absolute Gasteiger partial charge is 0.125 e. The predicted molar refractivity (Wildman–Crippen MR) is 79.4 cm³/mol. The second-order valence-corrected chi connectivity index (χ2v) is 5.19. The van der Waals surface area contributed by atoms with Gasteiger partial charge in [-0.2, -0.15) is 0 Å². The van der Waals surface area contributed by atoms with Crippen LogP contribution in [0.15, 0.2) is 18.2 Å². The van der Waals surface area contributed by atoms with Gasteiger partial charge in [0, 0.05) is 50.0 Å². The minimum absolute atomic E-state index is 0.758. The lowest BCUT2D eigenvalue weighted by molar-refractivity contribution is 0.126. The third-order valence-electron chi connectivity index (χ3n) is 3.71. The number of nitrogens with two attached hydrogens (primary N) is 1. The quantitative estimate of drug-likeness (QED) is 0.823. The number of benzene rings is 1. The number of ether oxygens (including phenoxy) is 1. The summed E-state index contributed by atoms with van der Waals surface area (Å²) in [6.45, 7) is 9.02. The molecule has 1 aliphatic heterocycles. The molecule has 2 rings (SSSR count). The highest BCUT2D eigenvalue weighted by molar-refractivity contribution is 5.48. The Labute approximate surface area is 116 Å². The third kappa shape index (κ3) is 3.85. The highest BCUT2D eigenvalue weighted by atomic mass is 16.5. The molecule has 0 unspecified atom stereocenters. The molecule has 2 N–H and O–H groups in total. The zero-order valence-electron chi connectivity index (χ0n) is 12.1. The Morgan fingerprint density at radius 2 is 1.84 bits per heavy atom. The summed E-state index contributed by atoms with van der Waals surface area (Å²) in [5.41, 5.74) is 7.77.